The Morgan fingerprint density at radius 2 is 2.17 bits per heavy atom. The number of nitrogens with one attached hydrogen (secondary N) is 2. The van der Waals surface area contributed by atoms with Crippen molar-refractivity contribution in [2.45, 2.75) is 39.3 Å². The normalized spacial score (nSPS) is 39.4. The molecule has 102 valence electrons. The molecule has 2 saturated heterocycles. The zero-order valence-electron chi connectivity index (χ0n) is 11.5. The molecule has 18 heavy (non-hydrogen) atoms. The Balaban J connectivity index is 1.60. The summed E-state index contributed by atoms with van der Waals surface area (Å²) in [5.74, 6) is 1.41. The van der Waals surface area contributed by atoms with E-state index in [2.05, 4.69) is 31.4 Å². The van der Waals surface area contributed by atoms with Crippen molar-refractivity contribution in [2.75, 3.05) is 19.7 Å². The molecule has 3 aliphatic rings. The Kier molecular flexibility index (Phi) is 2.90. The van der Waals surface area contributed by atoms with Crippen molar-refractivity contribution in [2.24, 2.45) is 23.2 Å². The molecule has 2 heterocycles. The van der Waals surface area contributed by atoms with Gasteiger partial charge >= 0.3 is 0 Å². The summed E-state index contributed by atoms with van der Waals surface area (Å²) in [4.78, 5) is 12.3. The predicted molar refractivity (Wildman–Crippen MR) is 69.1 cm³/mol. The van der Waals surface area contributed by atoms with Gasteiger partial charge in [0.15, 0.2) is 0 Å². The Labute approximate surface area is 109 Å². The fourth-order valence-electron chi connectivity index (χ4n) is 3.78. The Morgan fingerprint density at radius 1 is 1.44 bits per heavy atom. The maximum Gasteiger partial charge on any atom is 0.223 e. The molecule has 4 heteroatoms. The van der Waals surface area contributed by atoms with Crippen LogP contribution in [0.5, 0.6) is 0 Å². The monoisotopic (exact) mass is 252 g/mol. The van der Waals surface area contributed by atoms with E-state index >= 15 is 0 Å². The van der Waals surface area contributed by atoms with Crippen molar-refractivity contribution in [1.82, 2.24) is 10.6 Å². The first-order valence-corrected chi connectivity index (χ1v) is 7.14. The van der Waals surface area contributed by atoms with E-state index in [0.29, 0.717) is 24.0 Å². The molecule has 0 aromatic rings. The van der Waals surface area contributed by atoms with Crippen LogP contribution in [0.25, 0.3) is 0 Å². The van der Waals surface area contributed by atoms with Crippen LogP contribution in [-0.2, 0) is 9.53 Å². The van der Waals surface area contributed by atoms with Crippen molar-refractivity contribution < 1.29 is 9.53 Å². The molecule has 4 unspecified atom stereocenters. The predicted octanol–water partition coefficient (Wildman–Crippen LogP) is 0.772. The zero-order valence-corrected chi connectivity index (χ0v) is 11.5. The summed E-state index contributed by atoms with van der Waals surface area (Å²) in [5, 5.41) is 6.51. The van der Waals surface area contributed by atoms with Crippen LogP contribution in [-0.4, -0.2) is 37.7 Å². The summed E-state index contributed by atoms with van der Waals surface area (Å²) in [6.07, 6.45) is 1.45. The Morgan fingerprint density at radius 3 is 2.78 bits per heavy atom. The van der Waals surface area contributed by atoms with Gasteiger partial charge in [0.2, 0.25) is 5.91 Å². The molecule has 2 aliphatic heterocycles. The van der Waals surface area contributed by atoms with Gasteiger partial charge in [-0.25, -0.2) is 0 Å². The second-order valence-corrected chi connectivity index (χ2v) is 6.76. The van der Waals surface area contributed by atoms with Crippen LogP contribution in [0.15, 0.2) is 0 Å². The third-order valence-electron chi connectivity index (χ3n) is 5.33. The van der Waals surface area contributed by atoms with Crippen LogP contribution in [0.3, 0.4) is 0 Å². The second kappa shape index (κ2) is 4.20. The molecule has 0 bridgehead atoms. The summed E-state index contributed by atoms with van der Waals surface area (Å²) in [7, 11) is 0. The lowest BCUT2D eigenvalue weighted by molar-refractivity contribution is -0.142. The van der Waals surface area contributed by atoms with Crippen LogP contribution in [0.2, 0.25) is 0 Å². The lowest BCUT2D eigenvalue weighted by Gasteiger charge is -2.55. The summed E-state index contributed by atoms with van der Waals surface area (Å²) < 4.78 is 5.76. The van der Waals surface area contributed by atoms with E-state index in [1.54, 1.807) is 0 Å². The Bertz CT molecular complexity index is 352. The molecule has 1 aliphatic carbocycles. The van der Waals surface area contributed by atoms with Gasteiger partial charge in [0.1, 0.15) is 0 Å². The van der Waals surface area contributed by atoms with E-state index < -0.39 is 0 Å². The third-order valence-corrected chi connectivity index (χ3v) is 5.33. The minimum absolute atomic E-state index is 0.0917. The third kappa shape index (κ3) is 1.69. The van der Waals surface area contributed by atoms with E-state index in [4.69, 9.17) is 4.74 Å². The van der Waals surface area contributed by atoms with Gasteiger partial charge in [-0.1, -0.05) is 20.8 Å². The smallest absolute Gasteiger partial charge is 0.223 e. The number of carbonyl (C=O) groups is 1. The van der Waals surface area contributed by atoms with Gasteiger partial charge in [0.05, 0.1) is 6.10 Å². The number of amides is 1. The van der Waals surface area contributed by atoms with E-state index in [-0.39, 0.29) is 17.2 Å². The summed E-state index contributed by atoms with van der Waals surface area (Å²) in [5.41, 5.74) is 0.0917. The molecule has 4 nitrogen and oxygen atoms in total. The van der Waals surface area contributed by atoms with Gasteiger partial charge in [0, 0.05) is 29.9 Å². The quantitative estimate of drug-likeness (QED) is 0.780. The minimum atomic E-state index is 0.0917. The van der Waals surface area contributed by atoms with Crippen LogP contribution >= 0.6 is 0 Å². The molecule has 0 spiro atoms. The maximum atomic E-state index is 12.3. The second-order valence-electron chi connectivity index (χ2n) is 6.76. The first-order valence-electron chi connectivity index (χ1n) is 7.14. The van der Waals surface area contributed by atoms with Gasteiger partial charge < -0.3 is 15.4 Å². The van der Waals surface area contributed by atoms with Crippen molar-refractivity contribution in [1.29, 1.82) is 0 Å². The van der Waals surface area contributed by atoms with Gasteiger partial charge in [-0.2, -0.15) is 0 Å². The maximum absolute atomic E-state index is 12.3. The van der Waals surface area contributed by atoms with Gasteiger partial charge in [-0.15, -0.1) is 0 Å². The molecular weight excluding hydrogens is 228 g/mol. The lowest BCUT2D eigenvalue weighted by Crippen LogP contribution is -2.67. The van der Waals surface area contributed by atoms with Crippen LogP contribution in [0.1, 0.15) is 27.2 Å². The highest BCUT2D eigenvalue weighted by Gasteiger charge is 2.59. The molecule has 3 fully saturated rings. The molecule has 0 aromatic carbocycles. The fraction of sp³-hybridized carbons (Fsp3) is 0.929. The van der Waals surface area contributed by atoms with Gasteiger partial charge in [-0.05, 0) is 25.4 Å². The van der Waals surface area contributed by atoms with Crippen LogP contribution < -0.4 is 10.6 Å². The van der Waals surface area contributed by atoms with Crippen molar-refractivity contribution in [3.8, 4) is 0 Å². The number of rotatable bonds is 3. The SMILES string of the molecule is CC(C(=O)NC1C2CCOC2C1(C)C)C1CNC1. The fourth-order valence-corrected chi connectivity index (χ4v) is 3.78. The number of ether oxygens (including phenoxy) is 1. The molecule has 1 amide bonds. The van der Waals surface area contributed by atoms with Gasteiger partial charge in [0.25, 0.3) is 0 Å². The number of carbonyl (C=O) groups excluding carboxylic acids is 1. The molecule has 3 rings (SSSR count). The van der Waals surface area contributed by atoms with Crippen molar-refractivity contribution in [3.63, 3.8) is 0 Å². The average Bonchev–Trinajstić information content (AvgIpc) is 2.69. The standard InChI is InChI=1S/C14H24N2O2/c1-8(9-6-15-7-9)13(17)16-11-10-4-5-18-12(10)14(11,2)3/h8-12,15H,4-7H2,1-3H3,(H,16,17). The first-order chi connectivity index (χ1) is 8.51. The van der Waals surface area contributed by atoms with Crippen molar-refractivity contribution >= 4 is 5.91 Å². The Hall–Kier alpha value is -0.610. The first kappa shape index (κ1) is 12.4. The molecule has 1 saturated carbocycles. The van der Waals surface area contributed by atoms with E-state index in [0.717, 1.165) is 26.1 Å². The van der Waals surface area contributed by atoms with Crippen LogP contribution in [0, 0.1) is 23.2 Å². The number of hydrogen-bond donors (Lipinski definition) is 2. The van der Waals surface area contributed by atoms with Crippen molar-refractivity contribution in [3.05, 3.63) is 0 Å². The highest BCUT2D eigenvalue weighted by atomic mass is 16.5. The molecule has 2 N–H and O–H groups in total. The van der Waals surface area contributed by atoms with Crippen LogP contribution in [0.4, 0.5) is 0 Å². The summed E-state index contributed by atoms with van der Waals surface area (Å²) in [6.45, 7) is 9.29. The largest absolute Gasteiger partial charge is 0.377 e. The van der Waals surface area contributed by atoms with E-state index in [1.807, 2.05) is 0 Å². The molecule has 0 radical (unpaired) electrons. The number of hydrogen-bond acceptors (Lipinski definition) is 3. The molecular formula is C14H24N2O2. The summed E-state index contributed by atoms with van der Waals surface area (Å²) >= 11 is 0. The zero-order chi connectivity index (χ0) is 12.9. The number of fused-ring (bicyclic) bond motifs is 1. The molecule has 0 aromatic heterocycles. The van der Waals surface area contributed by atoms with E-state index in [1.165, 1.54) is 0 Å². The highest BCUT2D eigenvalue weighted by molar-refractivity contribution is 5.79. The average molecular weight is 252 g/mol. The lowest BCUT2D eigenvalue weighted by atomic mass is 9.57. The minimum Gasteiger partial charge on any atom is -0.377 e. The topological polar surface area (TPSA) is 50.4 Å². The van der Waals surface area contributed by atoms with Gasteiger partial charge in [-0.3, -0.25) is 4.79 Å². The molecule has 4 atom stereocenters. The highest BCUT2D eigenvalue weighted by Crippen LogP contribution is 2.52. The van der Waals surface area contributed by atoms with E-state index in [9.17, 15) is 4.79 Å². The summed E-state index contributed by atoms with van der Waals surface area (Å²) in [6, 6.07) is 0.299.